The lowest BCUT2D eigenvalue weighted by atomic mass is 10.2. The van der Waals surface area contributed by atoms with Crippen molar-refractivity contribution in [2.24, 2.45) is 0 Å². The fourth-order valence-electron chi connectivity index (χ4n) is 2.50. The van der Waals surface area contributed by atoms with E-state index in [1.165, 1.54) is 0 Å². The first kappa shape index (κ1) is 16.3. The molecular weight excluding hydrogens is 320 g/mol. The molecule has 24 heavy (non-hydrogen) atoms. The molecule has 0 radical (unpaired) electrons. The summed E-state index contributed by atoms with van der Waals surface area (Å²) in [5, 5.41) is 3.70. The molecule has 0 bridgehead atoms. The minimum atomic E-state index is 0.570. The van der Waals surface area contributed by atoms with Gasteiger partial charge in [0.05, 0.1) is 0 Å². The smallest absolute Gasteiger partial charge is 0.173 e. The van der Waals surface area contributed by atoms with Crippen LogP contribution in [-0.4, -0.2) is 31.9 Å². The third kappa shape index (κ3) is 3.86. The van der Waals surface area contributed by atoms with Gasteiger partial charge in [-0.15, -0.1) is 0 Å². The van der Waals surface area contributed by atoms with E-state index in [0.29, 0.717) is 24.9 Å². The Morgan fingerprint density at radius 2 is 1.88 bits per heavy atom. The molecule has 0 amide bonds. The Labute approximate surface area is 147 Å². The van der Waals surface area contributed by atoms with E-state index in [0.717, 1.165) is 22.7 Å². The van der Waals surface area contributed by atoms with Gasteiger partial charge in [-0.1, -0.05) is 42.5 Å². The molecule has 5 heteroatoms. The molecule has 0 atom stereocenters. The summed E-state index contributed by atoms with van der Waals surface area (Å²) in [6.07, 6.45) is 4.18. The predicted molar refractivity (Wildman–Crippen MR) is 102 cm³/mol. The molecule has 2 aromatic rings. The molecule has 124 valence electrons. The van der Waals surface area contributed by atoms with E-state index in [4.69, 9.17) is 21.7 Å². The van der Waals surface area contributed by atoms with Crippen LogP contribution in [0.3, 0.4) is 0 Å². The number of thiocarbonyl (C=S) groups is 1. The molecule has 0 unspecified atom stereocenters. The summed E-state index contributed by atoms with van der Waals surface area (Å²) < 4.78 is 11.2. The lowest BCUT2D eigenvalue weighted by Gasteiger charge is -2.26. The summed E-state index contributed by atoms with van der Waals surface area (Å²) >= 11 is 5.45. The number of nitrogens with one attached hydrogen (secondary N) is 1. The maximum absolute atomic E-state index is 5.67. The van der Waals surface area contributed by atoms with Crippen LogP contribution >= 0.6 is 12.2 Å². The van der Waals surface area contributed by atoms with Crippen molar-refractivity contribution < 1.29 is 9.47 Å². The van der Waals surface area contributed by atoms with Gasteiger partial charge >= 0.3 is 0 Å². The number of nitrogens with zero attached hydrogens (tertiary/aromatic N) is 1. The van der Waals surface area contributed by atoms with Gasteiger partial charge in [-0.05, 0) is 29.9 Å². The summed E-state index contributed by atoms with van der Waals surface area (Å²) in [7, 11) is 1.83. The second-order valence-corrected chi connectivity index (χ2v) is 5.69. The van der Waals surface area contributed by atoms with Gasteiger partial charge in [0, 0.05) is 25.3 Å². The van der Waals surface area contributed by atoms with Gasteiger partial charge in [-0.2, -0.15) is 0 Å². The molecule has 0 aliphatic carbocycles. The van der Waals surface area contributed by atoms with Crippen molar-refractivity contribution in [3.05, 3.63) is 60.2 Å². The molecule has 1 N–H and O–H groups in total. The topological polar surface area (TPSA) is 33.7 Å². The summed E-state index contributed by atoms with van der Waals surface area (Å²) in [4.78, 5) is 2.02. The highest BCUT2D eigenvalue weighted by molar-refractivity contribution is 7.80. The predicted octanol–water partition coefficient (Wildman–Crippen LogP) is 3.48. The van der Waals surface area contributed by atoms with Crippen molar-refractivity contribution in [1.82, 2.24) is 5.32 Å². The summed E-state index contributed by atoms with van der Waals surface area (Å²) in [5.41, 5.74) is 2.13. The van der Waals surface area contributed by atoms with Crippen LogP contribution in [0.15, 0.2) is 54.6 Å². The van der Waals surface area contributed by atoms with E-state index in [1.54, 1.807) is 0 Å². The molecule has 2 aromatic carbocycles. The van der Waals surface area contributed by atoms with Gasteiger partial charge < -0.3 is 19.7 Å². The number of fused-ring (bicyclic) bond motifs is 1. The SMILES string of the molecule is CNC(=S)N(C/C=C/c1ccccc1)c1ccc2c(c1)OCCO2. The van der Waals surface area contributed by atoms with E-state index >= 15 is 0 Å². The number of rotatable bonds is 4. The maximum Gasteiger partial charge on any atom is 0.173 e. The van der Waals surface area contributed by atoms with Crippen molar-refractivity contribution in [2.45, 2.75) is 0 Å². The highest BCUT2D eigenvalue weighted by Gasteiger charge is 2.16. The minimum absolute atomic E-state index is 0.570. The van der Waals surface area contributed by atoms with Gasteiger partial charge in [-0.3, -0.25) is 0 Å². The minimum Gasteiger partial charge on any atom is -0.486 e. The zero-order valence-electron chi connectivity index (χ0n) is 13.6. The third-order valence-corrected chi connectivity index (χ3v) is 4.12. The van der Waals surface area contributed by atoms with Crippen LogP contribution < -0.4 is 19.7 Å². The van der Waals surface area contributed by atoms with Crippen LogP contribution in [0.5, 0.6) is 11.5 Å². The summed E-state index contributed by atoms with van der Waals surface area (Å²) in [6.45, 7) is 1.82. The van der Waals surface area contributed by atoms with Crippen LogP contribution in [0.2, 0.25) is 0 Å². The average Bonchev–Trinajstić information content (AvgIpc) is 2.65. The van der Waals surface area contributed by atoms with Crippen LogP contribution in [-0.2, 0) is 0 Å². The highest BCUT2D eigenvalue weighted by Crippen LogP contribution is 2.34. The standard InChI is InChI=1S/C19H20N2O2S/c1-20-19(24)21(11-5-8-15-6-3-2-4-7-15)16-9-10-17-18(14-16)23-13-12-22-17/h2-10,14H,11-13H2,1H3,(H,20,24)/b8-5+. The first-order valence-electron chi connectivity index (χ1n) is 7.88. The first-order valence-corrected chi connectivity index (χ1v) is 8.29. The second-order valence-electron chi connectivity index (χ2n) is 5.31. The first-order chi connectivity index (χ1) is 11.8. The fraction of sp³-hybridized carbons (Fsp3) is 0.211. The number of ether oxygens (including phenoxy) is 2. The van der Waals surface area contributed by atoms with Gasteiger partial charge in [-0.25, -0.2) is 0 Å². The normalized spacial score (nSPS) is 12.9. The molecule has 1 aliphatic heterocycles. The van der Waals surface area contributed by atoms with E-state index in [2.05, 4.69) is 29.6 Å². The molecule has 0 fully saturated rings. The fourth-order valence-corrected chi connectivity index (χ4v) is 2.68. The average molecular weight is 340 g/mol. The Kier molecular flexibility index (Phi) is 5.33. The molecule has 0 saturated carbocycles. The van der Waals surface area contributed by atoms with Crippen LogP contribution in [0.1, 0.15) is 5.56 Å². The van der Waals surface area contributed by atoms with E-state index in [1.807, 2.05) is 48.3 Å². The molecule has 0 saturated heterocycles. The van der Waals surface area contributed by atoms with Crippen LogP contribution in [0.4, 0.5) is 5.69 Å². The van der Waals surface area contributed by atoms with Gasteiger partial charge in [0.1, 0.15) is 13.2 Å². The Hall–Kier alpha value is -2.53. The monoisotopic (exact) mass is 340 g/mol. The highest BCUT2D eigenvalue weighted by atomic mass is 32.1. The quantitative estimate of drug-likeness (QED) is 0.862. The molecule has 4 nitrogen and oxygen atoms in total. The van der Waals surface area contributed by atoms with Crippen molar-refractivity contribution in [3.63, 3.8) is 0 Å². The van der Waals surface area contributed by atoms with Gasteiger partial charge in [0.25, 0.3) is 0 Å². The second kappa shape index (κ2) is 7.84. The number of hydrogen-bond acceptors (Lipinski definition) is 3. The van der Waals surface area contributed by atoms with Gasteiger partial charge in [0.15, 0.2) is 16.6 Å². The molecule has 1 aliphatic rings. The van der Waals surface area contributed by atoms with E-state index in [9.17, 15) is 0 Å². The number of anilines is 1. The Morgan fingerprint density at radius 1 is 1.12 bits per heavy atom. The summed E-state index contributed by atoms with van der Waals surface area (Å²) in [5.74, 6) is 1.54. The van der Waals surface area contributed by atoms with Crippen molar-refractivity contribution in [1.29, 1.82) is 0 Å². The van der Waals surface area contributed by atoms with Crippen molar-refractivity contribution >= 4 is 29.1 Å². The molecule has 3 rings (SSSR count). The molecule has 0 aromatic heterocycles. The number of hydrogen-bond donors (Lipinski definition) is 1. The van der Waals surface area contributed by atoms with Crippen molar-refractivity contribution in [3.8, 4) is 11.5 Å². The van der Waals surface area contributed by atoms with E-state index < -0.39 is 0 Å². The lowest BCUT2D eigenvalue weighted by Crippen LogP contribution is -2.38. The maximum atomic E-state index is 5.67. The third-order valence-electron chi connectivity index (χ3n) is 3.69. The van der Waals surface area contributed by atoms with Gasteiger partial charge in [0.2, 0.25) is 0 Å². The largest absolute Gasteiger partial charge is 0.486 e. The zero-order valence-corrected chi connectivity index (χ0v) is 14.4. The number of benzene rings is 2. The molecule has 1 heterocycles. The van der Waals surface area contributed by atoms with E-state index in [-0.39, 0.29) is 0 Å². The lowest BCUT2D eigenvalue weighted by molar-refractivity contribution is 0.171. The molecule has 0 spiro atoms. The van der Waals surface area contributed by atoms with Crippen molar-refractivity contribution in [2.75, 3.05) is 31.7 Å². The van der Waals surface area contributed by atoms with Crippen LogP contribution in [0.25, 0.3) is 6.08 Å². The summed E-state index contributed by atoms with van der Waals surface area (Å²) in [6, 6.07) is 16.1. The van der Waals surface area contributed by atoms with Crippen LogP contribution in [0, 0.1) is 0 Å². The Bertz CT molecular complexity index is 731. The Morgan fingerprint density at radius 3 is 2.62 bits per heavy atom. The zero-order chi connectivity index (χ0) is 16.8. The Balaban J connectivity index is 1.79. The molecular formula is C19H20N2O2S.